The lowest BCUT2D eigenvalue weighted by molar-refractivity contribution is -0.167. The third-order valence-corrected chi connectivity index (χ3v) is 12.7. The molecular weight excluding hydrogens is 853 g/mol. The fourth-order valence-corrected chi connectivity index (χ4v) is 8.17. The van der Waals surface area contributed by atoms with Crippen molar-refractivity contribution in [2.24, 2.45) is 0 Å². The number of unbranched alkanes of at least 4 members (excludes halogenated alkanes) is 30. The standard InChI is InChI=1S/C63H110O6/c1-4-7-10-13-16-19-22-25-28-29-30-31-32-33-34-35-36-39-41-44-47-50-53-56-62(65)68-59-60(69-63(66)57-54-51-48-45-42-38-27-24-21-18-15-12-9-6-3)58-67-61(64)55-52-49-46-43-40-37-26-23-20-17-14-11-8-5-2/h15,18,22-27,29-30,32-33,60H,4-14,16-17,19-21,28,31,34-59H2,1-3H3/b18-15-,25-22-,26-23-,27-24-,30-29-,33-32-. The summed E-state index contributed by atoms with van der Waals surface area (Å²) in [5.41, 5.74) is 0. The maximum absolute atomic E-state index is 12.8. The normalized spacial score (nSPS) is 12.6. The predicted molar refractivity (Wildman–Crippen MR) is 298 cm³/mol. The van der Waals surface area contributed by atoms with Crippen molar-refractivity contribution in [3.8, 4) is 0 Å². The SMILES string of the molecule is CCCC/C=C\C/C=C\CCCCCCCC(=O)OC(COC(=O)CCCCCCC/C=C\CCCCCCC)COC(=O)CCCCCCCCCC/C=C\C/C=C\C/C=C\CCCCCCC. The van der Waals surface area contributed by atoms with E-state index in [1.54, 1.807) is 0 Å². The van der Waals surface area contributed by atoms with Gasteiger partial charge in [0.25, 0.3) is 0 Å². The van der Waals surface area contributed by atoms with Crippen LogP contribution in [0, 0.1) is 0 Å². The maximum atomic E-state index is 12.8. The number of carbonyl (C=O) groups is 3. The molecule has 0 saturated carbocycles. The van der Waals surface area contributed by atoms with Gasteiger partial charge in [0.2, 0.25) is 0 Å². The lowest BCUT2D eigenvalue weighted by atomic mass is 10.1. The van der Waals surface area contributed by atoms with Crippen LogP contribution in [-0.4, -0.2) is 37.2 Å². The highest BCUT2D eigenvalue weighted by Gasteiger charge is 2.19. The molecule has 6 nitrogen and oxygen atoms in total. The molecule has 0 fully saturated rings. The first-order valence-electron chi connectivity index (χ1n) is 29.4. The second-order valence-electron chi connectivity index (χ2n) is 19.5. The molecule has 398 valence electrons. The Hall–Kier alpha value is -3.15. The number of hydrogen-bond acceptors (Lipinski definition) is 6. The molecule has 0 heterocycles. The topological polar surface area (TPSA) is 78.9 Å². The molecule has 0 saturated heterocycles. The average Bonchev–Trinajstić information content (AvgIpc) is 3.35. The van der Waals surface area contributed by atoms with E-state index in [1.807, 2.05) is 0 Å². The van der Waals surface area contributed by atoms with E-state index in [9.17, 15) is 14.4 Å². The molecule has 0 N–H and O–H groups in total. The number of esters is 3. The first-order chi connectivity index (χ1) is 34.0. The van der Waals surface area contributed by atoms with E-state index in [-0.39, 0.29) is 31.1 Å². The van der Waals surface area contributed by atoms with Crippen LogP contribution in [0.5, 0.6) is 0 Å². The Balaban J connectivity index is 4.35. The maximum Gasteiger partial charge on any atom is 0.306 e. The number of rotatable bonds is 53. The Bertz CT molecular complexity index is 1290. The molecule has 0 aromatic rings. The van der Waals surface area contributed by atoms with Crippen molar-refractivity contribution in [1.29, 1.82) is 0 Å². The largest absolute Gasteiger partial charge is 0.462 e. The Morgan fingerprint density at radius 3 is 0.870 bits per heavy atom. The molecule has 0 amide bonds. The number of carbonyl (C=O) groups excluding carboxylic acids is 3. The molecule has 0 aliphatic heterocycles. The van der Waals surface area contributed by atoms with Crippen LogP contribution in [0.4, 0.5) is 0 Å². The third-order valence-electron chi connectivity index (χ3n) is 12.7. The molecule has 0 aliphatic rings. The van der Waals surface area contributed by atoms with Crippen LogP contribution in [0.15, 0.2) is 72.9 Å². The summed E-state index contributed by atoms with van der Waals surface area (Å²) in [6.45, 7) is 6.57. The monoisotopic (exact) mass is 963 g/mol. The van der Waals surface area contributed by atoms with Gasteiger partial charge in [0.1, 0.15) is 13.2 Å². The Morgan fingerprint density at radius 2 is 0.536 bits per heavy atom. The quantitative estimate of drug-likeness (QED) is 0.0262. The molecule has 0 aliphatic carbocycles. The third kappa shape index (κ3) is 55.6. The second kappa shape index (κ2) is 57.4. The van der Waals surface area contributed by atoms with Crippen LogP contribution in [0.3, 0.4) is 0 Å². The number of allylic oxidation sites excluding steroid dienone is 12. The summed E-state index contributed by atoms with van der Waals surface area (Å²) in [7, 11) is 0. The summed E-state index contributed by atoms with van der Waals surface area (Å²) in [6, 6.07) is 0. The van der Waals surface area contributed by atoms with E-state index >= 15 is 0 Å². The first kappa shape index (κ1) is 65.8. The van der Waals surface area contributed by atoms with Crippen LogP contribution in [0.1, 0.15) is 290 Å². The lowest BCUT2D eigenvalue weighted by Crippen LogP contribution is -2.30. The molecular formula is C63H110O6. The summed E-state index contributed by atoms with van der Waals surface area (Å²) in [4.78, 5) is 38.1. The highest BCUT2D eigenvalue weighted by Crippen LogP contribution is 2.15. The minimum Gasteiger partial charge on any atom is -0.462 e. The van der Waals surface area contributed by atoms with Crippen molar-refractivity contribution in [2.75, 3.05) is 13.2 Å². The van der Waals surface area contributed by atoms with E-state index in [2.05, 4.69) is 93.7 Å². The van der Waals surface area contributed by atoms with Crippen LogP contribution in [0.2, 0.25) is 0 Å². The Kier molecular flexibility index (Phi) is 54.8. The summed E-state index contributed by atoms with van der Waals surface area (Å²) in [5.74, 6) is -0.909. The molecule has 0 aromatic heterocycles. The molecule has 1 unspecified atom stereocenters. The molecule has 0 spiro atoms. The number of ether oxygens (including phenoxy) is 3. The lowest BCUT2D eigenvalue weighted by Gasteiger charge is -2.18. The van der Waals surface area contributed by atoms with Crippen LogP contribution in [-0.2, 0) is 28.6 Å². The molecule has 6 heteroatoms. The van der Waals surface area contributed by atoms with Crippen LogP contribution < -0.4 is 0 Å². The van der Waals surface area contributed by atoms with Gasteiger partial charge in [0, 0.05) is 19.3 Å². The van der Waals surface area contributed by atoms with Crippen molar-refractivity contribution in [3.05, 3.63) is 72.9 Å². The fourth-order valence-electron chi connectivity index (χ4n) is 8.17. The zero-order chi connectivity index (χ0) is 50.0. The van der Waals surface area contributed by atoms with Crippen molar-refractivity contribution < 1.29 is 28.6 Å². The summed E-state index contributed by atoms with van der Waals surface area (Å²) in [6.07, 6.45) is 73.2. The average molecular weight is 964 g/mol. The van der Waals surface area contributed by atoms with E-state index in [1.165, 1.54) is 141 Å². The zero-order valence-corrected chi connectivity index (χ0v) is 45.6. The second-order valence-corrected chi connectivity index (χ2v) is 19.5. The summed E-state index contributed by atoms with van der Waals surface area (Å²) < 4.78 is 16.8. The van der Waals surface area contributed by atoms with Crippen molar-refractivity contribution in [2.45, 2.75) is 297 Å². The van der Waals surface area contributed by atoms with Gasteiger partial charge in [0.05, 0.1) is 0 Å². The van der Waals surface area contributed by atoms with Gasteiger partial charge in [-0.2, -0.15) is 0 Å². The van der Waals surface area contributed by atoms with Crippen LogP contribution in [0.25, 0.3) is 0 Å². The highest BCUT2D eigenvalue weighted by molar-refractivity contribution is 5.71. The van der Waals surface area contributed by atoms with Gasteiger partial charge < -0.3 is 14.2 Å². The summed E-state index contributed by atoms with van der Waals surface area (Å²) in [5, 5.41) is 0. The van der Waals surface area contributed by atoms with E-state index in [4.69, 9.17) is 14.2 Å². The van der Waals surface area contributed by atoms with Gasteiger partial charge in [-0.25, -0.2) is 0 Å². The number of hydrogen-bond donors (Lipinski definition) is 0. The minimum absolute atomic E-state index is 0.0873. The molecule has 0 rings (SSSR count). The Morgan fingerprint density at radius 1 is 0.290 bits per heavy atom. The van der Waals surface area contributed by atoms with Gasteiger partial charge in [-0.05, 0) is 109 Å². The molecule has 0 radical (unpaired) electrons. The highest BCUT2D eigenvalue weighted by atomic mass is 16.6. The molecule has 0 aromatic carbocycles. The van der Waals surface area contributed by atoms with Crippen LogP contribution >= 0.6 is 0 Å². The van der Waals surface area contributed by atoms with E-state index in [0.717, 1.165) is 109 Å². The van der Waals surface area contributed by atoms with Gasteiger partial charge in [-0.1, -0.05) is 235 Å². The van der Waals surface area contributed by atoms with Gasteiger partial charge in [0.15, 0.2) is 6.10 Å². The smallest absolute Gasteiger partial charge is 0.306 e. The Labute approximate surface area is 427 Å². The van der Waals surface area contributed by atoms with Gasteiger partial charge in [-0.15, -0.1) is 0 Å². The van der Waals surface area contributed by atoms with Gasteiger partial charge >= 0.3 is 17.9 Å². The molecule has 0 bridgehead atoms. The van der Waals surface area contributed by atoms with Crippen molar-refractivity contribution in [3.63, 3.8) is 0 Å². The first-order valence-corrected chi connectivity index (χ1v) is 29.4. The predicted octanol–water partition coefficient (Wildman–Crippen LogP) is 19.8. The van der Waals surface area contributed by atoms with E-state index < -0.39 is 6.10 Å². The molecule has 1 atom stereocenters. The van der Waals surface area contributed by atoms with Crippen molar-refractivity contribution >= 4 is 17.9 Å². The zero-order valence-electron chi connectivity index (χ0n) is 45.6. The van der Waals surface area contributed by atoms with Gasteiger partial charge in [-0.3, -0.25) is 14.4 Å². The summed E-state index contributed by atoms with van der Waals surface area (Å²) >= 11 is 0. The van der Waals surface area contributed by atoms with Crippen molar-refractivity contribution in [1.82, 2.24) is 0 Å². The minimum atomic E-state index is -0.789. The molecule has 69 heavy (non-hydrogen) atoms. The fraction of sp³-hybridized carbons (Fsp3) is 0.762. The van der Waals surface area contributed by atoms with E-state index in [0.29, 0.717) is 19.3 Å².